The first kappa shape index (κ1) is 21.5. The number of aromatic nitrogens is 1. The van der Waals surface area contributed by atoms with Gasteiger partial charge in [0.15, 0.2) is 0 Å². The minimum atomic E-state index is 1.19. The van der Waals surface area contributed by atoms with Gasteiger partial charge < -0.3 is 4.57 Å². The summed E-state index contributed by atoms with van der Waals surface area (Å²) >= 11 is 3.82. The molecule has 9 aromatic rings. The SMILES string of the molecule is c1cc(-c2cccc3sc4ccc5c6ccccc6sc5c4c23)cc(-n2c3ccccc3c3ccccc32)c1. The molecular formula is C36H21NS2. The molecule has 0 N–H and O–H groups in total. The Labute approximate surface area is 232 Å². The fourth-order valence-electron chi connectivity index (χ4n) is 6.34. The molecule has 1 nitrogen and oxygen atoms in total. The Balaban J connectivity index is 1.35. The zero-order valence-electron chi connectivity index (χ0n) is 20.9. The van der Waals surface area contributed by atoms with Gasteiger partial charge in [-0.05, 0) is 53.6 Å². The molecule has 0 saturated heterocycles. The summed E-state index contributed by atoms with van der Waals surface area (Å²) in [6, 6.07) is 46.7. The molecule has 0 saturated carbocycles. The van der Waals surface area contributed by atoms with E-state index in [1.54, 1.807) is 0 Å². The first-order valence-electron chi connectivity index (χ1n) is 13.2. The van der Waals surface area contributed by atoms with Gasteiger partial charge >= 0.3 is 0 Å². The van der Waals surface area contributed by atoms with Gasteiger partial charge in [-0.15, -0.1) is 22.7 Å². The lowest BCUT2D eigenvalue weighted by Gasteiger charge is -2.11. The van der Waals surface area contributed by atoms with Gasteiger partial charge in [-0.25, -0.2) is 0 Å². The van der Waals surface area contributed by atoms with Crippen molar-refractivity contribution in [2.45, 2.75) is 0 Å². The van der Waals surface area contributed by atoms with Crippen molar-refractivity contribution >= 4 is 84.8 Å². The number of nitrogens with zero attached hydrogens (tertiary/aromatic N) is 1. The van der Waals surface area contributed by atoms with Crippen LogP contribution in [-0.2, 0) is 0 Å². The van der Waals surface area contributed by atoms with E-state index in [0.29, 0.717) is 0 Å². The van der Waals surface area contributed by atoms with E-state index < -0.39 is 0 Å². The van der Waals surface area contributed by atoms with Gasteiger partial charge in [0.1, 0.15) is 0 Å². The Morgan fingerprint density at radius 1 is 0.436 bits per heavy atom. The molecule has 3 heteroatoms. The maximum absolute atomic E-state index is 2.41. The Morgan fingerprint density at radius 3 is 1.92 bits per heavy atom. The maximum atomic E-state index is 2.41. The largest absolute Gasteiger partial charge is 0.309 e. The number of thiophene rings is 2. The zero-order chi connectivity index (χ0) is 25.5. The quantitative estimate of drug-likeness (QED) is 0.209. The molecule has 0 aliphatic carbocycles. The van der Waals surface area contributed by atoms with Gasteiger partial charge in [0.25, 0.3) is 0 Å². The van der Waals surface area contributed by atoms with Gasteiger partial charge in [-0.2, -0.15) is 0 Å². The predicted octanol–water partition coefficient (Wildman–Crippen LogP) is 11.2. The minimum absolute atomic E-state index is 1.19. The van der Waals surface area contributed by atoms with E-state index in [2.05, 4.69) is 132 Å². The molecule has 6 aromatic carbocycles. The summed E-state index contributed by atoms with van der Waals surface area (Å²) in [5, 5.41) is 8.05. The van der Waals surface area contributed by atoms with Crippen molar-refractivity contribution < 1.29 is 0 Å². The van der Waals surface area contributed by atoms with Crippen molar-refractivity contribution in [1.82, 2.24) is 4.57 Å². The van der Waals surface area contributed by atoms with E-state index in [9.17, 15) is 0 Å². The highest BCUT2D eigenvalue weighted by atomic mass is 32.1. The molecule has 0 unspecified atom stereocenters. The highest BCUT2D eigenvalue weighted by molar-refractivity contribution is 7.29. The van der Waals surface area contributed by atoms with E-state index in [4.69, 9.17) is 0 Å². The molecule has 9 rings (SSSR count). The van der Waals surface area contributed by atoms with Gasteiger partial charge in [-0.1, -0.05) is 84.9 Å². The van der Waals surface area contributed by atoms with Crippen LogP contribution in [0.25, 0.3) is 79.0 Å². The van der Waals surface area contributed by atoms with Crippen LogP contribution in [0.4, 0.5) is 0 Å². The molecule has 0 fully saturated rings. The van der Waals surface area contributed by atoms with Gasteiger partial charge in [0.2, 0.25) is 0 Å². The Bertz CT molecular complexity index is 2350. The van der Waals surface area contributed by atoms with Crippen LogP contribution >= 0.6 is 22.7 Å². The Kier molecular flexibility index (Phi) is 4.43. The van der Waals surface area contributed by atoms with Gasteiger partial charge in [-0.3, -0.25) is 0 Å². The topological polar surface area (TPSA) is 4.93 Å². The van der Waals surface area contributed by atoms with E-state index in [1.165, 1.54) is 79.0 Å². The molecule has 0 aliphatic heterocycles. The van der Waals surface area contributed by atoms with Gasteiger partial charge in [0.05, 0.1) is 11.0 Å². The molecule has 3 aromatic heterocycles. The fourth-order valence-corrected chi connectivity index (χ4v) is 8.80. The predicted molar refractivity (Wildman–Crippen MR) is 172 cm³/mol. The monoisotopic (exact) mass is 531 g/mol. The first-order valence-corrected chi connectivity index (χ1v) is 14.8. The third-order valence-corrected chi connectivity index (χ3v) is 10.3. The molecule has 0 spiro atoms. The average Bonchev–Trinajstić information content (AvgIpc) is 3.66. The number of hydrogen-bond acceptors (Lipinski definition) is 2. The summed E-state index contributed by atoms with van der Waals surface area (Å²) in [5.41, 5.74) is 6.21. The molecule has 0 amide bonds. The molecule has 3 heterocycles. The molecule has 182 valence electrons. The maximum Gasteiger partial charge on any atom is 0.0541 e. The second-order valence-corrected chi connectivity index (χ2v) is 12.3. The Morgan fingerprint density at radius 2 is 1.10 bits per heavy atom. The Hall–Kier alpha value is -4.44. The summed E-state index contributed by atoms with van der Waals surface area (Å²) in [6.07, 6.45) is 0. The smallest absolute Gasteiger partial charge is 0.0541 e. The highest BCUT2D eigenvalue weighted by Crippen LogP contribution is 2.47. The summed E-state index contributed by atoms with van der Waals surface area (Å²) in [5.74, 6) is 0. The van der Waals surface area contributed by atoms with E-state index in [-0.39, 0.29) is 0 Å². The second kappa shape index (κ2) is 8.03. The van der Waals surface area contributed by atoms with Crippen LogP contribution in [0, 0.1) is 0 Å². The van der Waals surface area contributed by atoms with E-state index in [1.807, 2.05) is 22.7 Å². The van der Waals surface area contributed by atoms with Crippen LogP contribution in [0.3, 0.4) is 0 Å². The average molecular weight is 532 g/mol. The van der Waals surface area contributed by atoms with Crippen molar-refractivity contribution in [3.05, 3.63) is 127 Å². The third kappa shape index (κ3) is 3.00. The molecule has 0 aliphatic rings. The number of benzene rings is 6. The highest BCUT2D eigenvalue weighted by Gasteiger charge is 2.17. The lowest BCUT2D eigenvalue weighted by molar-refractivity contribution is 1.18. The first-order chi connectivity index (χ1) is 19.3. The van der Waals surface area contributed by atoms with Crippen molar-refractivity contribution in [3.8, 4) is 16.8 Å². The van der Waals surface area contributed by atoms with Gasteiger partial charge in [0, 0.05) is 56.8 Å². The lowest BCUT2D eigenvalue weighted by Crippen LogP contribution is -1.94. The molecule has 0 atom stereocenters. The number of rotatable bonds is 2. The minimum Gasteiger partial charge on any atom is -0.309 e. The third-order valence-electron chi connectivity index (χ3n) is 8.00. The number of para-hydroxylation sites is 2. The standard InChI is InChI=1S/C36H21NS2/c1-4-15-29-25(11-1)26-12-2-5-16-30(26)37(29)23-10-7-9-22(21-23)24-14-8-18-32-34(24)35-33(38-32)20-19-28-27-13-3-6-17-31(27)39-36(28)35/h1-21H. The van der Waals surface area contributed by atoms with Crippen LogP contribution in [0.2, 0.25) is 0 Å². The van der Waals surface area contributed by atoms with Crippen LogP contribution in [0.5, 0.6) is 0 Å². The van der Waals surface area contributed by atoms with Crippen molar-refractivity contribution in [2.24, 2.45) is 0 Å². The van der Waals surface area contributed by atoms with Crippen molar-refractivity contribution in [1.29, 1.82) is 0 Å². The molecule has 39 heavy (non-hydrogen) atoms. The molecular weight excluding hydrogens is 511 g/mol. The fraction of sp³-hybridized carbons (Fsp3) is 0. The van der Waals surface area contributed by atoms with E-state index in [0.717, 1.165) is 0 Å². The summed E-state index contributed by atoms with van der Waals surface area (Å²) in [4.78, 5) is 0. The number of hydrogen-bond donors (Lipinski definition) is 0. The summed E-state index contributed by atoms with van der Waals surface area (Å²) < 4.78 is 7.85. The number of fused-ring (bicyclic) bond motifs is 10. The second-order valence-electron chi connectivity index (χ2n) is 10.1. The van der Waals surface area contributed by atoms with Crippen LogP contribution in [0.15, 0.2) is 127 Å². The van der Waals surface area contributed by atoms with E-state index >= 15 is 0 Å². The van der Waals surface area contributed by atoms with Crippen LogP contribution in [-0.4, -0.2) is 4.57 Å². The molecule has 0 radical (unpaired) electrons. The van der Waals surface area contributed by atoms with Crippen LogP contribution < -0.4 is 0 Å². The van der Waals surface area contributed by atoms with Crippen LogP contribution in [0.1, 0.15) is 0 Å². The summed E-state index contributed by atoms with van der Waals surface area (Å²) in [6.45, 7) is 0. The van der Waals surface area contributed by atoms with Crippen molar-refractivity contribution in [2.75, 3.05) is 0 Å². The summed E-state index contributed by atoms with van der Waals surface area (Å²) in [7, 11) is 0. The molecule has 0 bridgehead atoms. The zero-order valence-corrected chi connectivity index (χ0v) is 22.5. The lowest BCUT2D eigenvalue weighted by atomic mass is 9.98. The van der Waals surface area contributed by atoms with Crippen molar-refractivity contribution in [3.63, 3.8) is 0 Å². The normalized spacial score (nSPS) is 12.1.